The topological polar surface area (TPSA) is 66.8 Å². The Bertz CT molecular complexity index is 534. The SMILES string of the molecule is CC1=C2C[C@@H]3[C@@](C)(O)[C@H]4C[C@H]4[C@]3(C)C[C@]2(O)OC1=O. The van der Waals surface area contributed by atoms with E-state index in [0.717, 1.165) is 6.42 Å². The first-order valence-corrected chi connectivity index (χ1v) is 7.08. The zero-order valence-electron chi connectivity index (χ0n) is 11.6. The molecule has 3 fully saturated rings. The lowest BCUT2D eigenvalue weighted by atomic mass is 9.60. The first kappa shape index (κ1) is 11.9. The molecule has 6 atom stereocenters. The molecule has 2 N–H and O–H groups in total. The molecule has 0 amide bonds. The third-order valence-electron chi connectivity index (χ3n) is 6.41. The molecule has 0 spiro atoms. The van der Waals surface area contributed by atoms with Crippen LogP contribution in [0, 0.1) is 23.2 Å². The number of ether oxygens (including phenoxy) is 1. The van der Waals surface area contributed by atoms with Crippen LogP contribution in [0.4, 0.5) is 0 Å². The molecule has 0 aromatic carbocycles. The number of aliphatic hydroxyl groups is 2. The van der Waals surface area contributed by atoms with Crippen LogP contribution in [-0.2, 0) is 9.53 Å². The molecule has 0 bridgehead atoms. The largest absolute Gasteiger partial charge is 0.426 e. The summed E-state index contributed by atoms with van der Waals surface area (Å²) >= 11 is 0. The summed E-state index contributed by atoms with van der Waals surface area (Å²) < 4.78 is 5.23. The van der Waals surface area contributed by atoms with Gasteiger partial charge in [-0.05, 0) is 49.9 Å². The second-order valence-corrected chi connectivity index (χ2v) is 7.39. The molecule has 4 heteroatoms. The van der Waals surface area contributed by atoms with Crippen molar-refractivity contribution in [3.63, 3.8) is 0 Å². The summed E-state index contributed by atoms with van der Waals surface area (Å²) in [7, 11) is 0. The van der Waals surface area contributed by atoms with E-state index >= 15 is 0 Å². The van der Waals surface area contributed by atoms with Gasteiger partial charge in [0.15, 0.2) is 0 Å². The minimum absolute atomic E-state index is 0.114. The van der Waals surface area contributed by atoms with Crippen LogP contribution in [-0.4, -0.2) is 27.6 Å². The highest BCUT2D eigenvalue weighted by atomic mass is 16.7. The van der Waals surface area contributed by atoms with Crippen LogP contribution in [0.2, 0.25) is 0 Å². The number of esters is 1. The summed E-state index contributed by atoms with van der Waals surface area (Å²) in [5, 5.41) is 21.5. The molecule has 3 saturated carbocycles. The smallest absolute Gasteiger partial charge is 0.336 e. The fraction of sp³-hybridized carbons (Fsp3) is 0.800. The molecular formula is C15H20O4. The Balaban J connectivity index is 1.82. The van der Waals surface area contributed by atoms with E-state index in [1.807, 2.05) is 6.92 Å². The average molecular weight is 264 g/mol. The van der Waals surface area contributed by atoms with Gasteiger partial charge in [-0.1, -0.05) is 6.92 Å². The number of carbonyl (C=O) groups excluding carboxylic acids is 1. The van der Waals surface area contributed by atoms with Crippen LogP contribution in [0.5, 0.6) is 0 Å². The van der Waals surface area contributed by atoms with E-state index in [0.29, 0.717) is 35.8 Å². The van der Waals surface area contributed by atoms with Gasteiger partial charge in [-0.2, -0.15) is 0 Å². The van der Waals surface area contributed by atoms with Crippen LogP contribution < -0.4 is 0 Å². The lowest BCUT2D eigenvalue weighted by Gasteiger charge is -2.48. The molecule has 1 heterocycles. The Morgan fingerprint density at radius 1 is 1.26 bits per heavy atom. The second-order valence-electron chi connectivity index (χ2n) is 7.39. The fourth-order valence-corrected chi connectivity index (χ4v) is 5.33. The first-order valence-electron chi connectivity index (χ1n) is 7.08. The molecule has 1 aliphatic heterocycles. The monoisotopic (exact) mass is 264 g/mol. The summed E-state index contributed by atoms with van der Waals surface area (Å²) in [5.41, 5.74) is 0.416. The van der Waals surface area contributed by atoms with Crippen molar-refractivity contribution in [1.82, 2.24) is 0 Å². The Kier molecular flexibility index (Phi) is 1.83. The molecule has 0 aromatic rings. The van der Waals surface area contributed by atoms with Gasteiger partial charge in [0.2, 0.25) is 5.79 Å². The maximum Gasteiger partial charge on any atom is 0.336 e. The van der Waals surface area contributed by atoms with Crippen molar-refractivity contribution in [2.24, 2.45) is 23.2 Å². The van der Waals surface area contributed by atoms with Gasteiger partial charge in [-0.25, -0.2) is 4.79 Å². The minimum Gasteiger partial charge on any atom is -0.426 e. The Morgan fingerprint density at radius 2 is 1.95 bits per heavy atom. The lowest BCUT2D eigenvalue weighted by Crippen LogP contribution is -2.51. The van der Waals surface area contributed by atoms with E-state index in [1.54, 1.807) is 6.92 Å². The first-order chi connectivity index (χ1) is 8.70. The average Bonchev–Trinajstić information content (AvgIpc) is 3.00. The molecule has 4 aliphatic rings. The normalized spacial score (nSPS) is 58.6. The number of hydrogen-bond donors (Lipinski definition) is 2. The minimum atomic E-state index is -1.42. The van der Waals surface area contributed by atoms with Crippen LogP contribution in [0.15, 0.2) is 11.1 Å². The summed E-state index contributed by atoms with van der Waals surface area (Å²) in [6.45, 7) is 5.77. The van der Waals surface area contributed by atoms with E-state index in [-0.39, 0.29) is 11.3 Å². The van der Waals surface area contributed by atoms with Crippen molar-refractivity contribution in [2.75, 3.05) is 0 Å². The summed E-state index contributed by atoms with van der Waals surface area (Å²) in [6, 6.07) is 0. The number of hydrogen-bond acceptors (Lipinski definition) is 4. The number of rotatable bonds is 0. The highest BCUT2D eigenvalue weighted by Gasteiger charge is 2.74. The van der Waals surface area contributed by atoms with Crippen molar-refractivity contribution in [3.05, 3.63) is 11.1 Å². The molecule has 104 valence electrons. The van der Waals surface area contributed by atoms with E-state index in [4.69, 9.17) is 4.74 Å². The third-order valence-corrected chi connectivity index (χ3v) is 6.41. The van der Waals surface area contributed by atoms with Gasteiger partial charge in [-0.15, -0.1) is 0 Å². The van der Waals surface area contributed by atoms with Gasteiger partial charge in [-0.3, -0.25) is 0 Å². The van der Waals surface area contributed by atoms with E-state index in [1.165, 1.54) is 0 Å². The molecule has 19 heavy (non-hydrogen) atoms. The van der Waals surface area contributed by atoms with Crippen molar-refractivity contribution in [2.45, 2.75) is 51.4 Å². The van der Waals surface area contributed by atoms with Gasteiger partial charge in [0.25, 0.3) is 0 Å². The predicted octanol–water partition coefficient (Wildman–Crippen LogP) is 1.37. The van der Waals surface area contributed by atoms with Crippen molar-refractivity contribution < 1.29 is 19.7 Å². The van der Waals surface area contributed by atoms with Gasteiger partial charge in [0.1, 0.15) is 0 Å². The third kappa shape index (κ3) is 1.16. The maximum atomic E-state index is 11.7. The standard InChI is InChI=1S/C15H20O4/c1-7-8-5-11-13(2,6-15(8,18)19-12(7)16)9-4-10(9)14(11,3)17/h9-11,17-18H,4-6H2,1-3H3/t9-,10+,11+,13+,14+,15+/m1/s1. The zero-order valence-corrected chi connectivity index (χ0v) is 11.6. The van der Waals surface area contributed by atoms with Crippen LogP contribution in [0.25, 0.3) is 0 Å². The van der Waals surface area contributed by atoms with Crippen LogP contribution >= 0.6 is 0 Å². The number of carbonyl (C=O) groups is 1. The molecule has 0 saturated heterocycles. The molecule has 0 aromatic heterocycles. The Morgan fingerprint density at radius 3 is 2.63 bits per heavy atom. The highest BCUT2D eigenvalue weighted by molar-refractivity contribution is 5.92. The van der Waals surface area contributed by atoms with Crippen molar-refractivity contribution in [3.8, 4) is 0 Å². The summed E-state index contributed by atoms with van der Waals surface area (Å²) in [5.74, 6) is -0.907. The Labute approximate surface area is 112 Å². The molecular weight excluding hydrogens is 244 g/mol. The molecule has 4 nitrogen and oxygen atoms in total. The van der Waals surface area contributed by atoms with Gasteiger partial charge < -0.3 is 14.9 Å². The summed E-state index contributed by atoms with van der Waals surface area (Å²) in [6.07, 6.45) is 2.03. The van der Waals surface area contributed by atoms with Crippen molar-refractivity contribution in [1.29, 1.82) is 0 Å². The molecule has 0 radical (unpaired) electrons. The predicted molar refractivity (Wildman–Crippen MR) is 66.8 cm³/mol. The molecule has 4 rings (SSSR count). The van der Waals surface area contributed by atoms with Gasteiger partial charge >= 0.3 is 5.97 Å². The van der Waals surface area contributed by atoms with Gasteiger partial charge in [0, 0.05) is 17.6 Å². The van der Waals surface area contributed by atoms with Crippen LogP contribution in [0.1, 0.15) is 40.0 Å². The van der Waals surface area contributed by atoms with E-state index in [2.05, 4.69) is 6.92 Å². The molecule has 0 unspecified atom stereocenters. The van der Waals surface area contributed by atoms with E-state index in [9.17, 15) is 15.0 Å². The van der Waals surface area contributed by atoms with E-state index < -0.39 is 17.4 Å². The van der Waals surface area contributed by atoms with Crippen molar-refractivity contribution >= 4 is 5.97 Å². The fourth-order valence-electron chi connectivity index (χ4n) is 5.33. The Hall–Kier alpha value is -0.870. The quantitative estimate of drug-likeness (QED) is 0.648. The zero-order chi connectivity index (χ0) is 13.8. The summed E-state index contributed by atoms with van der Waals surface area (Å²) in [4.78, 5) is 11.7. The van der Waals surface area contributed by atoms with Crippen LogP contribution in [0.3, 0.4) is 0 Å². The lowest BCUT2D eigenvalue weighted by molar-refractivity contribution is -0.208. The highest BCUT2D eigenvalue weighted by Crippen LogP contribution is 2.74. The second kappa shape index (κ2) is 2.91. The molecule has 3 aliphatic carbocycles. The maximum absolute atomic E-state index is 11.7. The van der Waals surface area contributed by atoms with Gasteiger partial charge in [0.05, 0.1) is 5.60 Å². The number of fused-ring (bicyclic) bond motifs is 4.